The van der Waals surface area contributed by atoms with Gasteiger partial charge in [0.1, 0.15) is 22.5 Å². The number of nitrogens with two attached hydrogens (primary N) is 1. The Bertz CT molecular complexity index is 1760. The van der Waals surface area contributed by atoms with Gasteiger partial charge in [-0.05, 0) is 18.5 Å². The molecule has 2 aliphatic rings. The van der Waals surface area contributed by atoms with Crippen LogP contribution in [0.1, 0.15) is 22.0 Å². The number of carboxylic acids is 1. The molecule has 2 amide bonds. The molecule has 5 rings (SSSR count). The third-order valence-electron chi connectivity index (χ3n) is 6.18. The van der Waals surface area contributed by atoms with E-state index in [1.165, 1.54) is 17.1 Å². The zero-order valence-corrected chi connectivity index (χ0v) is 24.3. The Balaban J connectivity index is 1.44. The lowest BCUT2D eigenvalue weighted by Crippen LogP contribution is -2.80. The van der Waals surface area contributed by atoms with Gasteiger partial charge in [0, 0.05) is 28.1 Å². The lowest BCUT2D eigenvalue weighted by Gasteiger charge is -2.55. The minimum absolute atomic E-state index is 0.0110. The zero-order chi connectivity index (χ0) is 30.3. The molecule has 1 saturated heterocycles. The number of aromatic hydroxyl groups is 1. The first-order valence-electron chi connectivity index (χ1n) is 11.5. The van der Waals surface area contributed by atoms with Crippen molar-refractivity contribution in [1.82, 2.24) is 29.5 Å². The third kappa shape index (κ3) is 4.86. The van der Waals surface area contributed by atoms with Crippen LogP contribution in [-0.2, 0) is 25.8 Å². The number of oxime groups is 1. The van der Waals surface area contributed by atoms with E-state index in [2.05, 4.69) is 25.0 Å². The summed E-state index contributed by atoms with van der Waals surface area (Å²) >= 11 is 8.37. The van der Waals surface area contributed by atoms with Crippen molar-refractivity contribution in [2.45, 2.75) is 24.4 Å². The van der Waals surface area contributed by atoms with Gasteiger partial charge in [-0.25, -0.2) is 9.78 Å². The zero-order valence-electron chi connectivity index (χ0n) is 21.1. The lowest BCUT2D eigenvalue weighted by molar-refractivity contribution is -0.153. The average Bonchev–Trinajstić information content (AvgIpc) is 3.58. The minimum atomic E-state index is -1.78. The molecule has 0 radical (unpaired) electrons. The van der Waals surface area contributed by atoms with Crippen molar-refractivity contribution in [2.75, 3.05) is 11.5 Å². The monoisotopic (exact) mass is 650 g/mol. The molecule has 5 heterocycles. The molecule has 6 N–H and O–H groups in total. The number of carbonyl (C=O) groups excluding carboxylic acids is 2. The number of thioether (sulfide) groups is 1. The van der Waals surface area contributed by atoms with Crippen LogP contribution in [-0.4, -0.2) is 85.2 Å². The molecular weight excluding hydrogens is 633 g/mol. The van der Waals surface area contributed by atoms with Crippen molar-refractivity contribution in [3.8, 4) is 5.75 Å². The van der Waals surface area contributed by atoms with Crippen molar-refractivity contribution in [3.63, 3.8) is 0 Å². The fourth-order valence-corrected chi connectivity index (χ4v) is 7.35. The molecule has 2 atom stereocenters. The number of nitrogen functional groups attached to an aromatic ring is 1. The number of aryl methyl sites for hydroxylation is 1. The van der Waals surface area contributed by atoms with Crippen molar-refractivity contribution in [3.05, 3.63) is 55.5 Å². The van der Waals surface area contributed by atoms with Crippen LogP contribution in [0.25, 0.3) is 5.57 Å². The highest BCUT2D eigenvalue weighted by Crippen LogP contribution is 2.48. The summed E-state index contributed by atoms with van der Waals surface area (Å²) in [4.78, 5) is 61.9. The Kier molecular flexibility index (Phi) is 7.70. The van der Waals surface area contributed by atoms with Gasteiger partial charge in [-0.15, -0.1) is 28.2 Å². The second kappa shape index (κ2) is 11.1. The van der Waals surface area contributed by atoms with Gasteiger partial charge in [0.05, 0.1) is 16.8 Å². The largest absolute Gasteiger partial charge is 0.503 e. The van der Waals surface area contributed by atoms with E-state index in [-0.39, 0.29) is 28.0 Å². The molecule has 0 spiro atoms. The molecule has 0 unspecified atom stereocenters. The number of fused-ring (bicyclic) bond motifs is 1. The summed E-state index contributed by atoms with van der Waals surface area (Å²) in [5, 5.41) is 41.3. The topological polar surface area (TPSA) is 235 Å². The van der Waals surface area contributed by atoms with Gasteiger partial charge in [-0.1, -0.05) is 21.9 Å². The van der Waals surface area contributed by atoms with Gasteiger partial charge in [0.2, 0.25) is 5.43 Å². The van der Waals surface area contributed by atoms with Crippen LogP contribution in [0.5, 0.6) is 5.75 Å². The van der Waals surface area contributed by atoms with Gasteiger partial charge in [-0.3, -0.25) is 19.3 Å². The van der Waals surface area contributed by atoms with E-state index in [0.717, 1.165) is 45.4 Å². The van der Waals surface area contributed by atoms with Gasteiger partial charge in [0.25, 0.3) is 11.8 Å². The summed E-state index contributed by atoms with van der Waals surface area (Å²) in [6, 6.07) is 0.903. The maximum atomic E-state index is 13.5. The van der Waals surface area contributed by atoms with E-state index in [9.17, 15) is 34.6 Å². The summed E-state index contributed by atoms with van der Waals surface area (Å²) in [6.07, 6.45) is 0.760. The maximum Gasteiger partial charge on any atom is 0.353 e. The minimum Gasteiger partial charge on any atom is -0.503 e. The number of thiocarbonyl (C=S) groups is 1. The number of nitrogens with zero attached hydrogens (tertiary/aromatic N) is 6. The van der Waals surface area contributed by atoms with E-state index in [1.807, 2.05) is 0 Å². The number of rotatable bonds is 9. The molecule has 0 aromatic carbocycles. The highest BCUT2D eigenvalue weighted by atomic mass is 32.2. The number of carbonyl (C=O) groups is 3. The molecule has 16 nitrogen and oxygen atoms in total. The normalized spacial score (nSPS) is 20.1. The number of β-lactam (4-membered cyclic amide) rings is 1. The van der Waals surface area contributed by atoms with Crippen LogP contribution < -0.4 is 16.5 Å². The second-order valence-corrected chi connectivity index (χ2v) is 11.7. The van der Waals surface area contributed by atoms with E-state index in [0.29, 0.717) is 20.9 Å². The van der Waals surface area contributed by atoms with E-state index in [4.69, 9.17) is 22.8 Å². The quantitative estimate of drug-likeness (QED) is 0.0683. The first-order chi connectivity index (χ1) is 20.0. The number of carboxylic acid groups (broad SMARTS) is 1. The van der Waals surface area contributed by atoms with Crippen LogP contribution in [0.2, 0.25) is 0 Å². The lowest BCUT2D eigenvalue weighted by atomic mass is 9.87. The van der Waals surface area contributed by atoms with Crippen molar-refractivity contribution >= 4 is 86.4 Å². The molecule has 0 bridgehead atoms. The predicted octanol–water partition coefficient (Wildman–Crippen LogP) is 0.176. The summed E-state index contributed by atoms with van der Waals surface area (Å²) in [7, 11) is 0. The highest BCUT2D eigenvalue weighted by Gasteiger charge is 2.65. The first kappa shape index (κ1) is 29.1. The smallest absolute Gasteiger partial charge is 0.353 e. The van der Waals surface area contributed by atoms with Crippen LogP contribution in [0.4, 0.5) is 5.13 Å². The van der Waals surface area contributed by atoms with Crippen molar-refractivity contribution < 1.29 is 34.6 Å². The van der Waals surface area contributed by atoms with Gasteiger partial charge >= 0.3 is 5.97 Å². The first-order valence-corrected chi connectivity index (χ1v) is 14.7. The summed E-state index contributed by atoms with van der Waals surface area (Å²) in [5.41, 5.74) is 3.26. The molecule has 1 fully saturated rings. The van der Waals surface area contributed by atoms with E-state index >= 15 is 0 Å². The summed E-state index contributed by atoms with van der Waals surface area (Å²) in [6.45, 7) is 1.17. The fourth-order valence-electron chi connectivity index (χ4n) is 4.19. The van der Waals surface area contributed by atoms with Crippen LogP contribution in [0, 0.1) is 6.92 Å². The molecule has 218 valence electrons. The number of hydrogen-bond acceptors (Lipinski definition) is 16. The van der Waals surface area contributed by atoms with E-state index < -0.39 is 52.2 Å². The number of anilines is 1. The predicted molar refractivity (Wildman–Crippen MR) is 154 cm³/mol. The van der Waals surface area contributed by atoms with E-state index in [1.54, 1.807) is 6.92 Å². The number of nitrogens with one attached hydrogen (secondary N) is 1. The molecular formula is C22H18N8O8S4. The number of thiazole rings is 1. The Hall–Kier alpha value is -4.40. The summed E-state index contributed by atoms with van der Waals surface area (Å²) in [5.74, 6) is -3.59. The van der Waals surface area contributed by atoms with Crippen molar-refractivity contribution in [2.24, 2.45) is 5.16 Å². The number of amides is 2. The number of pyridine rings is 1. The molecule has 2 aliphatic heterocycles. The fraction of sp³-hybridized carbons (Fsp3) is 0.227. The molecule has 42 heavy (non-hydrogen) atoms. The Morgan fingerprint density at radius 3 is 2.79 bits per heavy atom. The maximum absolute atomic E-state index is 13.5. The standard InChI is InChI=1S/C22H18N8O8S4/c1-8-16(42-28-26-8)10-5-40-20-22(7-39,19(36)30(20)15(10)18(34)35)25-17(33)14(11-6-41-21(23)24-11)27-38-4-9-2-12(31)13(32)3-29(9)37/h2-3,6-7,20,32,37H,4-5H2,1H3,(H2,23,24)(H,25,33)(H,34,35)/b27-14-/t20-,22+/m1/s1. The number of hydrogen-bond donors (Lipinski definition) is 5. The van der Waals surface area contributed by atoms with Crippen LogP contribution >= 0.6 is 46.8 Å². The Morgan fingerprint density at radius 2 is 2.17 bits per heavy atom. The Labute approximate surface area is 252 Å². The van der Waals surface area contributed by atoms with Crippen LogP contribution in [0.3, 0.4) is 0 Å². The molecule has 3 aromatic heterocycles. The van der Waals surface area contributed by atoms with Gasteiger partial charge in [-0.2, -0.15) is 4.73 Å². The van der Waals surface area contributed by atoms with Gasteiger partial charge in [0.15, 0.2) is 28.7 Å². The molecule has 0 saturated carbocycles. The summed E-state index contributed by atoms with van der Waals surface area (Å²) < 4.78 is 4.30. The number of aromatic nitrogens is 4. The third-order valence-corrected chi connectivity index (χ3v) is 9.47. The molecule has 0 aliphatic carbocycles. The van der Waals surface area contributed by atoms with Crippen LogP contribution in [0.15, 0.2) is 33.3 Å². The molecule has 3 aromatic rings. The molecule has 20 heteroatoms. The highest BCUT2D eigenvalue weighted by molar-refractivity contribution is 8.00. The SMILES string of the molecule is Cc1nnsc1C1=C(C(=O)O)N2C(=O)[C@](C=S)(NC(=O)/C(=N\OCc3cc(=O)c(O)cn3O)c3csc(N)n3)[C@H]2SC1. The van der Waals surface area contributed by atoms with Gasteiger partial charge < -0.3 is 31.3 Å². The number of aliphatic carboxylic acids is 1. The van der Waals surface area contributed by atoms with Crippen molar-refractivity contribution in [1.29, 1.82) is 0 Å². The second-order valence-electron chi connectivity index (χ2n) is 8.74. The Morgan fingerprint density at radius 1 is 1.40 bits per heavy atom. The average molecular weight is 651 g/mol.